The topological polar surface area (TPSA) is 57.8 Å². The molecule has 1 aromatic carbocycles. The summed E-state index contributed by atoms with van der Waals surface area (Å²) in [5.41, 5.74) is 1.72. The molecule has 1 heterocycles. The van der Waals surface area contributed by atoms with E-state index in [4.69, 9.17) is 23.2 Å². The standard InChI is InChI=1S/C11H9Cl2N3O/c1-6-4-10(16-15-6)11(17)14-7-2-3-8(12)9(13)5-7/h2-5H,1H3,(H,14,17)(H,15,16). The smallest absolute Gasteiger partial charge is 0.276 e. The number of hydrogen-bond donors (Lipinski definition) is 2. The Bertz CT molecular complexity index is 566. The van der Waals surface area contributed by atoms with Crippen molar-refractivity contribution in [2.24, 2.45) is 0 Å². The molecule has 0 aliphatic rings. The lowest BCUT2D eigenvalue weighted by Gasteiger charge is -2.04. The van der Waals surface area contributed by atoms with Gasteiger partial charge in [0, 0.05) is 11.4 Å². The first-order chi connectivity index (χ1) is 8.06. The van der Waals surface area contributed by atoms with Crippen LogP contribution in [0.4, 0.5) is 5.69 Å². The summed E-state index contributed by atoms with van der Waals surface area (Å²) in [6.07, 6.45) is 0. The molecule has 0 spiro atoms. The predicted molar refractivity (Wildman–Crippen MR) is 67.7 cm³/mol. The van der Waals surface area contributed by atoms with Crippen LogP contribution in [0.2, 0.25) is 10.0 Å². The Balaban J connectivity index is 2.15. The molecular weight excluding hydrogens is 261 g/mol. The maximum Gasteiger partial charge on any atom is 0.276 e. The SMILES string of the molecule is Cc1cc(C(=O)Nc2ccc(Cl)c(Cl)c2)n[nH]1. The zero-order valence-corrected chi connectivity index (χ0v) is 10.4. The van der Waals surface area contributed by atoms with E-state index in [1.54, 1.807) is 24.3 Å². The van der Waals surface area contributed by atoms with Crippen LogP contribution >= 0.6 is 23.2 Å². The fraction of sp³-hybridized carbons (Fsp3) is 0.0909. The van der Waals surface area contributed by atoms with Crippen LogP contribution in [0, 0.1) is 6.92 Å². The molecule has 0 saturated carbocycles. The number of benzene rings is 1. The van der Waals surface area contributed by atoms with Crippen LogP contribution in [0.1, 0.15) is 16.2 Å². The minimum absolute atomic E-state index is 0.298. The molecule has 4 nitrogen and oxygen atoms in total. The van der Waals surface area contributed by atoms with Crippen molar-refractivity contribution in [3.63, 3.8) is 0 Å². The third-order valence-corrected chi connectivity index (χ3v) is 2.86. The summed E-state index contributed by atoms with van der Waals surface area (Å²) in [5, 5.41) is 10.1. The highest BCUT2D eigenvalue weighted by Crippen LogP contribution is 2.25. The highest BCUT2D eigenvalue weighted by molar-refractivity contribution is 6.42. The number of anilines is 1. The summed E-state index contributed by atoms with van der Waals surface area (Å²) in [6.45, 7) is 1.82. The zero-order chi connectivity index (χ0) is 12.4. The molecule has 0 fully saturated rings. The Morgan fingerprint density at radius 3 is 2.65 bits per heavy atom. The molecule has 0 aliphatic heterocycles. The molecule has 0 bridgehead atoms. The van der Waals surface area contributed by atoms with Gasteiger partial charge < -0.3 is 5.32 Å². The molecule has 2 rings (SSSR count). The third kappa shape index (κ3) is 2.78. The molecular formula is C11H9Cl2N3O. The quantitative estimate of drug-likeness (QED) is 0.879. The Hall–Kier alpha value is -1.52. The van der Waals surface area contributed by atoms with Gasteiger partial charge in [-0.1, -0.05) is 23.2 Å². The van der Waals surface area contributed by atoms with Crippen molar-refractivity contribution < 1.29 is 4.79 Å². The van der Waals surface area contributed by atoms with Gasteiger partial charge in [0.25, 0.3) is 5.91 Å². The molecule has 0 unspecified atom stereocenters. The number of aromatic amines is 1. The fourth-order valence-corrected chi connectivity index (χ4v) is 1.60. The fourth-order valence-electron chi connectivity index (χ4n) is 1.30. The number of halogens is 2. The Morgan fingerprint density at radius 2 is 2.06 bits per heavy atom. The number of nitrogens with one attached hydrogen (secondary N) is 2. The molecule has 0 radical (unpaired) electrons. The summed E-state index contributed by atoms with van der Waals surface area (Å²) in [6, 6.07) is 6.54. The van der Waals surface area contributed by atoms with Gasteiger partial charge in [0.15, 0.2) is 5.69 Å². The van der Waals surface area contributed by atoms with Gasteiger partial charge in [-0.25, -0.2) is 0 Å². The molecule has 17 heavy (non-hydrogen) atoms. The molecule has 1 aromatic heterocycles. The second-order valence-corrected chi connectivity index (χ2v) is 4.33. The van der Waals surface area contributed by atoms with Crippen molar-refractivity contribution in [1.29, 1.82) is 0 Å². The average molecular weight is 270 g/mol. The first kappa shape index (κ1) is 12.0. The van der Waals surface area contributed by atoms with Gasteiger partial charge in [0.05, 0.1) is 10.0 Å². The van der Waals surface area contributed by atoms with Gasteiger partial charge in [-0.3, -0.25) is 9.89 Å². The van der Waals surface area contributed by atoms with Crippen molar-refractivity contribution in [1.82, 2.24) is 10.2 Å². The minimum Gasteiger partial charge on any atom is -0.321 e. The number of hydrogen-bond acceptors (Lipinski definition) is 2. The van der Waals surface area contributed by atoms with E-state index < -0.39 is 0 Å². The van der Waals surface area contributed by atoms with Crippen LogP contribution in [0.3, 0.4) is 0 Å². The van der Waals surface area contributed by atoms with Crippen LogP contribution in [0.25, 0.3) is 0 Å². The molecule has 0 aliphatic carbocycles. The Morgan fingerprint density at radius 1 is 1.29 bits per heavy atom. The average Bonchev–Trinajstić information content (AvgIpc) is 2.70. The lowest BCUT2D eigenvalue weighted by Crippen LogP contribution is -2.12. The van der Waals surface area contributed by atoms with E-state index in [-0.39, 0.29) is 5.91 Å². The van der Waals surface area contributed by atoms with Crippen molar-refractivity contribution in [3.05, 3.63) is 45.7 Å². The normalized spacial score (nSPS) is 10.3. The summed E-state index contributed by atoms with van der Waals surface area (Å²) in [7, 11) is 0. The van der Waals surface area contributed by atoms with Crippen molar-refractivity contribution >= 4 is 34.8 Å². The van der Waals surface area contributed by atoms with Crippen molar-refractivity contribution in [2.75, 3.05) is 5.32 Å². The summed E-state index contributed by atoms with van der Waals surface area (Å²) < 4.78 is 0. The van der Waals surface area contributed by atoms with Crippen LogP contribution in [-0.2, 0) is 0 Å². The van der Waals surface area contributed by atoms with E-state index in [0.29, 0.717) is 21.4 Å². The lowest BCUT2D eigenvalue weighted by atomic mass is 10.3. The predicted octanol–water partition coefficient (Wildman–Crippen LogP) is 3.28. The van der Waals surface area contributed by atoms with E-state index >= 15 is 0 Å². The molecule has 6 heteroatoms. The third-order valence-electron chi connectivity index (χ3n) is 2.12. The number of rotatable bonds is 2. The molecule has 88 valence electrons. The zero-order valence-electron chi connectivity index (χ0n) is 8.92. The van der Waals surface area contributed by atoms with Crippen LogP contribution in [0.15, 0.2) is 24.3 Å². The number of carbonyl (C=O) groups excluding carboxylic acids is 1. The van der Waals surface area contributed by atoms with E-state index in [0.717, 1.165) is 5.69 Å². The summed E-state index contributed by atoms with van der Waals surface area (Å²) >= 11 is 11.6. The Kier molecular flexibility index (Phi) is 3.36. The summed E-state index contributed by atoms with van der Waals surface area (Å²) in [4.78, 5) is 11.8. The number of H-pyrrole nitrogens is 1. The first-order valence-corrected chi connectivity index (χ1v) is 5.60. The maximum atomic E-state index is 11.8. The van der Waals surface area contributed by atoms with Crippen LogP contribution in [0.5, 0.6) is 0 Å². The number of carbonyl (C=O) groups is 1. The molecule has 0 saturated heterocycles. The van der Waals surface area contributed by atoms with Gasteiger partial charge in [-0.15, -0.1) is 0 Å². The van der Waals surface area contributed by atoms with Crippen LogP contribution < -0.4 is 5.32 Å². The minimum atomic E-state index is -0.298. The first-order valence-electron chi connectivity index (χ1n) is 4.84. The van der Waals surface area contributed by atoms with Gasteiger partial charge in [0.1, 0.15) is 0 Å². The summed E-state index contributed by atoms with van der Waals surface area (Å²) in [5.74, 6) is -0.298. The number of amides is 1. The van der Waals surface area contributed by atoms with E-state index in [1.165, 1.54) is 0 Å². The molecule has 1 amide bonds. The maximum absolute atomic E-state index is 11.8. The second-order valence-electron chi connectivity index (χ2n) is 3.52. The van der Waals surface area contributed by atoms with Crippen molar-refractivity contribution in [2.45, 2.75) is 6.92 Å². The molecule has 2 N–H and O–H groups in total. The number of aromatic nitrogens is 2. The van der Waals surface area contributed by atoms with Crippen LogP contribution in [-0.4, -0.2) is 16.1 Å². The lowest BCUT2D eigenvalue weighted by molar-refractivity contribution is 0.102. The number of nitrogens with zero attached hydrogens (tertiary/aromatic N) is 1. The highest BCUT2D eigenvalue weighted by Gasteiger charge is 2.10. The largest absolute Gasteiger partial charge is 0.321 e. The van der Waals surface area contributed by atoms with Gasteiger partial charge in [-0.2, -0.15) is 5.10 Å². The van der Waals surface area contributed by atoms with Gasteiger partial charge in [0.2, 0.25) is 0 Å². The van der Waals surface area contributed by atoms with E-state index in [1.807, 2.05) is 6.92 Å². The second kappa shape index (κ2) is 4.77. The number of aryl methyl sites for hydroxylation is 1. The van der Waals surface area contributed by atoms with Gasteiger partial charge >= 0.3 is 0 Å². The van der Waals surface area contributed by atoms with E-state index in [9.17, 15) is 4.79 Å². The Labute approximate surface area is 108 Å². The monoisotopic (exact) mass is 269 g/mol. The highest BCUT2D eigenvalue weighted by atomic mass is 35.5. The van der Waals surface area contributed by atoms with Crippen molar-refractivity contribution in [3.8, 4) is 0 Å². The molecule has 2 aromatic rings. The van der Waals surface area contributed by atoms with Gasteiger partial charge in [-0.05, 0) is 31.2 Å². The van der Waals surface area contributed by atoms with E-state index in [2.05, 4.69) is 15.5 Å². The molecule has 0 atom stereocenters.